The van der Waals surface area contributed by atoms with Crippen molar-refractivity contribution in [1.82, 2.24) is 4.98 Å². The number of hydrogen-bond donors (Lipinski definition) is 0. The number of carbonyl (C=O) groups is 1. The van der Waals surface area contributed by atoms with E-state index in [-0.39, 0.29) is 28.1 Å². The molecule has 1 heterocycles. The summed E-state index contributed by atoms with van der Waals surface area (Å²) in [4.78, 5) is 15.6. The molecule has 0 bridgehead atoms. The Morgan fingerprint density at radius 2 is 2.32 bits per heavy atom. The Hall–Kier alpha value is -2.19. The highest BCUT2D eigenvalue weighted by Crippen LogP contribution is 2.28. The zero-order valence-corrected chi connectivity index (χ0v) is 10.7. The predicted octanol–water partition coefficient (Wildman–Crippen LogP) is 3.08. The Morgan fingerprint density at radius 3 is 2.95 bits per heavy atom. The highest BCUT2D eigenvalue weighted by molar-refractivity contribution is 6.38. The maximum Gasteiger partial charge on any atom is 0.341 e. The van der Waals surface area contributed by atoms with Gasteiger partial charge in [0.05, 0.1) is 28.3 Å². The van der Waals surface area contributed by atoms with Crippen LogP contribution in [0, 0.1) is 17.1 Å². The summed E-state index contributed by atoms with van der Waals surface area (Å²) in [5, 5.41) is 9.06. The fourth-order valence-electron chi connectivity index (χ4n) is 1.62. The first kappa shape index (κ1) is 13.2. The molecule has 0 unspecified atom stereocenters. The van der Waals surface area contributed by atoms with Gasteiger partial charge in [0.1, 0.15) is 11.9 Å². The Labute approximate surface area is 113 Å². The molecule has 0 aliphatic carbocycles. The largest absolute Gasteiger partial charge is 0.462 e. The van der Waals surface area contributed by atoms with Crippen LogP contribution in [0.4, 0.5) is 4.39 Å². The minimum absolute atomic E-state index is 0.0619. The lowest BCUT2D eigenvalue weighted by atomic mass is 10.1. The molecule has 1 aromatic carbocycles. The van der Waals surface area contributed by atoms with Crippen molar-refractivity contribution in [2.45, 2.75) is 6.92 Å². The molecule has 0 aliphatic heterocycles. The summed E-state index contributed by atoms with van der Waals surface area (Å²) in [6.07, 6.45) is 1.25. The monoisotopic (exact) mass is 278 g/mol. The zero-order chi connectivity index (χ0) is 14.0. The second kappa shape index (κ2) is 5.21. The molecule has 0 amide bonds. The van der Waals surface area contributed by atoms with Gasteiger partial charge in [0.25, 0.3) is 0 Å². The highest BCUT2D eigenvalue weighted by atomic mass is 35.5. The van der Waals surface area contributed by atoms with Gasteiger partial charge in [0.2, 0.25) is 0 Å². The number of carbonyl (C=O) groups excluding carboxylic acids is 1. The van der Waals surface area contributed by atoms with Crippen LogP contribution in [0.15, 0.2) is 18.3 Å². The summed E-state index contributed by atoms with van der Waals surface area (Å²) in [5.41, 5.74) is 0.288. The van der Waals surface area contributed by atoms with Gasteiger partial charge in [-0.1, -0.05) is 11.6 Å². The number of benzene rings is 1. The molecule has 0 atom stereocenters. The van der Waals surface area contributed by atoms with Gasteiger partial charge >= 0.3 is 5.97 Å². The van der Waals surface area contributed by atoms with E-state index in [2.05, 4.69) is 4.98 Å². The van der Waals surface area contributed by atoms with Gasteiger partial charge in [-0.2, -0.15) is 5.26 Å². The van der Waals surface area contributed by atoms with Gasteiger partial charge in [0.15, 0.2) is 0 Å². The second-order valence-corrected chi connectivity index (χ2v) is 4.05. The number of rotatable bonds is 2. The summed E-state index contributed by atoms with van der Waals surface area (Å²) < 4.78 is 18.4. The van der Waals surface area contributed by atoms with Crippen molar-refractivity contribution in [2.75, 3.05) is 6.61 Å². The van der Waals surface area contributed by atoms with E-state index >= 15 is 0 Å². The summed E-state index contributed by atoms with van der Waals surface area (Å²) in [6, 6.07) is 4.09. The molecule has 4 nitrogen and oxygen atoms in total. The van der Waals surface area contributed by atoms with Crippen LogP contribution < -0.4 is 0 Å². The molecule has 0 saturated heterocycles. The molecule has 2 aromatic rings. The quantitative estimate of drug-likeness (QED) is 0.792. The van der Waals surface area contributed by atoms with Crippen molar-refractivity contribution < 1.29 is 13.9 Å². The Balaban J connectivity index is 2.66. The van der Waals surface area contributed by atoms with Crippen molar-refractivity contribution >= 4 is 28.5 Å². The molecule has 0 fully saturated rings. The molecule has 0 N–H and O–H groups in total. The first-order chi connectivity index (χ1) is 9.08. The van der Waals surface area contributed by atoms with Gasteiger partial charge in [-0.15, -0.1) is 0 Å². The van der Waals surface area contributed by atoms with Gasteiger partial charge < -0.3 is 4.74 Å². The van der Waals surface area contributed by atoms with E-state index in [1.807, 2.05) is 0 Å². The molecule has 6 heteroatoms. The molecule has 1 aromatic heterocycles. The molecule has 2 rings (SSSR count). The highest BCUT2D eigenvalue weighted by Gasteiger charge is 2.16. The van der Waals surface area contributed by atoms with Crippen molar-refractivity contribution in [1.29, 1.82) is 5.26 Å². The van der Waals surface area contributed by atoms with Crippen LogP contribution in [0.3, 0.4) is 0 Å². The third-order valence-electron chi connectivity index (χ3n) is 2.51. The fraction of sp³-hybridized carbons (Fsp3) is 0.154. The third-order valence-corrected chi connectivity index (χ3v) is 2.91. The Bertz CT molecular complexity index is 710. The maximum absolute atomic E-state index is 13.6. The smallest absolute Gasteiger partial charge is 0.341 e. The third kappa shape index (κ3) is 2.35. The number of nitrogens with zero attached hydrogens (tertiary/aromatic N) is 2. The number of halogens is 2. The molecular weight excluding hydrogens is 271 g/mol. The van der Waals surface area contributed by atoms with E-state index in [9.17, 15) is 9.18 Å². The van der Waals surface area contributed by atoms with E-state index in [0.717, 1.165) is 6.07 Å². The van der Waals surface area contributed by atoms with E-state index in [1.54, 1.807) is 13.0 Å². The molecular formula is C13H8ClFN2O2. The van der Waals surface area contributed by atoms with Crippen LogP contribution in [-0.2, 0) is 4.74 Å². The number of ether oxygens (including phenoxy) is 1. The average Bonchev–Trinajstić information content (AvgIpc) is 2.39. The number of nitriles is 1. The van der Waals surface area contributed by atoms with Gasteiger partial charge in [0, 0.05) is 11.6 Å². The van der Waals surface area contributed by atoms with Crippen LogP contribution in [0.5, 0.6) is 0 Å². The van der Waals surface area contributed by atoms with Crippen LogP contribution in [0.25, 0.3) is 10.9 Å². The fourth-order valence-corrected chi connectivity index (χ4v) is 1.89. The predicted molar refractivity (Wildman–Crippen MR) is 67.4 cm³/mol. The lowest BCUT2D eigenvalue weighted by molar-refractivity contribution is 0.0526. The summed E-state index contributed by atoms with van der Waals surface area (Å²) in [7, 11) is 0. The minimum atomic E-state index is -0.709. The number of aromatic nitrogens is 1. The number of hydrogen-bond acceptors (Lipinski definition) is 4. The molecule has 0 radical (unpaired) electrons. The van der Waals surface area contributed by atoms with Gasteiger partial charge in [-0.05, 0) is 19.1 Å². The molecule has 96 valence electrons. The second-order valence-electron chi connectivity index (χ2n) is 3.67. The summed E-state index contributed by atoms with van der Waals surface area (Å²) in [5.74, 6) is -1.33. The maximum atomic E-state index is 13.6. The first-order valence-corrected chi connectivity index (χ1v) is 5.81. The lowest BCUT2D eigenvalue weighted by Crippen LogP contribution is -2.06. The zero-order valence-electron chi connectivity index (χ0n) is 9.91. The van der Waals surface area contributed by atoms with Crippen LogP contribution in [-0.4, -0.2) is 17.6 Å². The normalized spacial score (nSPS) is 10.2. The molecule has 0 aliphatic rings. The topological polar surface area (TPSA) is 63.0 Å². The van der Waals surface area contributed by atoms with Crippen molar-refractivity contribution in [3.05, 3.63) is 40.3 Å². The van der Waals surface area contributed by atoms with Crippen LogP contribution in [0.2, 0.25) is 5.02 Å². The van der Waals surface area contributed by atoms with E-state index in [4.69, 9.17) is 21.6 Å². The number of pyridine rings is 1. The summed E-state index contributed by atoms with van der Waals surface area (Å²) >= 11 is 6.05. The Morgan fingerprint density at radius 1 is 1.58 bits per heavy atom. The SMILES string of the molecule is CCOC(=O)c1cnc2cc(C#N)c(F)cc2c1Cl. The standard InChI is InChI=1S/C13H8ClFN2O2/c1-2-19-13(18)9-6-17-11-3-7(5-16)10(15)4-8(11)12(9)14/h3-4,6H,2H2,1H3. The Kier molecular flexibility index (Phi) is 3.63. The molecule has 0 spiro atoms. The van der Waals surface area contributed by atoms with Crippen molar-refractivity contribution in [3.63, 3.8) is 0 Å². The first-order valence-electron chi connectivity index (χ1n) is 5.43. The minimum Gasteiger partial charge on any atom is -0.462 e. The lowest BCUT2D eigenvalue weighted by Gasteiger charge is -2.07. The number of esters is 1. The van der Waals surface area contributed by atoms with Crippen molar-refractivity contribution in [3.8, 4) is 6.07 Å². The van der Waals surface area contributed by atoms with Crippen LogP contribution >= 0.6 is 11.6 Å². The van der Waals surface area contributed by atoms with Gasteiger partial charge in [-0.25, -0.2) is 9.18 Å². The van der Waals surface area contributed by atoms with E-state index in [0.29, 0.717) is 5.52 Å². The van der Waals surface area contributed by atoms with Crippen LogP contribution in [0.1, 0.15) is 22.8 Å². The number of fused-ring (bicyclic) bond motifs is 1. The molecule has 19 heavy (non-hydrogen) atoms. The molecule has 0 saturated carbocycles. The summed E-state index contributed by atoms with van der Waals surface area (Å²) in [6.45, 7) is 1.87. The van der Waals surface area contributed by atoms with Gasteiger partial charge in [-0.3, -0.25) is 4.98 Å². The average molecular weight is 279 g/mol. The van der Waals surface area contributed by atoms with E-state index in [1.165, 1.54) is 12.3 Å². The van der Waals surface area contributed by atoms with Crippen molar-refractivity contribution in [2.24, 2.45) is 0 Å². The van der Waals surface area contributed by atoms with E-state index < -0.39 is 11.8 Å².